The number of nitrogens with one attached hydrogen (secondary N) is 1. The van der Waals surface area contributed by atoms with E-state index in [4.69, 9.17) is 28.2 Å². The zero-order chi connectivity index (χ0) is 18.1. The fraction of sp³-hybridized carbons (Fsp3) is 0.200. The fourth-order valence-electron chi connectivity index (χ4n) is 3.26. The minimum absolute atomic E-state index is 0.0389. The van der Waals surface area contributed by atoms with E-state index in [1.807, 2.05) is 48.5 Å². The third-order valence-electron chi connectivity index (χ3n) is 4.59. The molecule has 0 aliphatic carbocycles. The van der Waals surface area contributed by atoms with Crippen LogP contribution in [0.4, 0.5) is 0 Å². The Bertz CT molecular complexity index is 1000. The van der Waals surface area contributed by atoms with Crippen LogP contribution in [0, 0.1) is 0 Å². The first kappa shape index (κ1) is 17.3. The minimum Gasteiger partial charge on any atom is -0.306 e. The van der Waals surface area contributed by atoms with Crippen molar-refractivity contribution in [2.75, 3.05) is 6.54 Å². The Balaban J connectivity index is 1.60. The molecule has 26 heavy (non-hydrogen) atoms. The molecule has 2 aromatic carbocycles. The third-order valence-corrected chi connectivity index (χ3v) is 5.33. The van der Waals surface area contributed by atoms with Gasteiger partial charge in [-0.25, -0.2) is 4.98 Å². The predicted molar refractivity (Wildman–Crippen MR) is 105 cm³/mol. The van der Waals surface area contributed by atoms with E-state index >= 15 is 0 Å². The Kier molecular flexibility index (Phi) is 4.81. The van der Waals surface area contributed by atoms with E-state index < -0.39 is 0 Å². The van der Waals surface area contributed by atoms with Gasteiger partial charge < -0.3 is 4.98 Å². The third kappa shape index (κ3) is 3.54. The Morgan fingerprint density at radius 1 is 1.08 bits per heavy atom. The second-order valence-electron chi connectivity index (χ2n) is 6.41. The van der Waals surface area contributed by atoms with Crippen LogP contribution in [0.15, 0.2) is 53.3 Å². The molecule has 0 atom stereocenters. The van der Waals surface area contributed by atoms with E-state index in [1.54, 1.807) is 0 Å². The summed E-state index contributed by atoms with van der Waals surface area (Å²) < 4.78 is 0. The van der Waals surface area contributed by atoms with Gasteiger partial charge in [0.25, 0.3) is 5.56 Å². The lowest BCUT2D eigenvalue weighted by molar-refractivity contribution is 0.240. The van der Waals surface area contributed by atoms with Crippen LogP contribution in [0.1, 0.15) is 16.8 Å². The molecule has 0 bridgehead atoms. The van der Waals surface area contributed by atoms with Crippen molar-refractivity contribution in [1.82, 2.24) is 14.9 Å². The van der Waals surface area contributed by atoms with Crippen LogP contribution in [-0.2, 0) is 19.5 Å². The van der Waals surface area contributed by atoms with Gasteiger partial charge in [-0.3, -0.25) is 9.69 Å². The molecule has 132 valence electrons. The molecule has 1 aromatic heterocycles. The molecular formula is C20H17Cl2N3O. The summed E-state index contributed by atoms with van der Waals surface area (Å²) in [5, 5.41) is 1.11. The van der Waals surface area contributed by atoms with Crippen molar-refractivity contribution in [3.63, 3.8) is 0 Å². The molecule has 0 saturated heterocycles. The smallest absolute Gasteiger partial charge is 0.254 e. The molecule has 1 aliphatic rings. The first-order valence-corrected chi connectivity index (χ1v) is 9.19. The van der Waals surface area contributed by atoms with E-state index in [0.29, 0.717) is 28.8 Å². The van der Waals surface area contributed by atoms with Gasteiger partial charge >= 0.3 is 0 Å². The fourth-order valence-corrected chi connectivity index (χ4v) is 3.58. The zero-order valence-electron chi connectivity index (χ0n) is 14.0. The number of fused-ring (bicyclic) bond motifs is 1. The van der Waals surface area contributed by atoms with Crippen molar-refractivity contribution < 1.29 is 0 Å². The summed E-state index contributed by atoms with van der Waals surface area (Å²) in [6, 6.07) is 15.4. The maximum atomic E-state index is 12.5. The quantitative estimate of drug-likeness (QED) is 0.730. The highest BCUT2D eigenvalue weighted by molar-refractivity contribution is 6.42. The molecule has 1 aliphatic heterocycles. The molecule has 4 nitrogen and oxygen atoms in total. The van der Waals surface area contributed by atoms with E-state index in [9.17, 15) is 4.79 Å². The number of aromatic nitrogens is 2. The van der Waals surface area contributed by atoms with Crippen molar-refractivity contribution >= 4 is 23.2 Å². The molecule has 0 radical (unpaired) electrons. The average Bonchev–Trinajstić information content (AvgIpc) is 2.65. The van der Waals surface area contributed by atoms with Crippen molar-refractivity contribution in [2.45, 2.75) is 19.5 Å². The number of hydrogen-bond donors (Lipinski definition) is 1. The Morgan fingerprint density at radius 2 is 1.88 bits per heavy atom. The van der Waals surface area contributed by atoms with Crippen LogP contribution in [0.25, 0.3) is 11.4 Å². The number of benzene rings is 2. The van der Waals surface area contributed by atoms with E-state index in [0.717, 1.165) is 35.5 Å². The highest BCUT2D eigenvalue weighted by Gasteiger charge is 2.21. The summed E-state index contributed by atoms with van der Waals surface area (Å²) >= 11 is 12.1. The summed E-state index contributed by atoms with van der Waals surface area (Å²) in [5.74, 6) is 0.616. The van der Waals surface area contributed by atoms with Crippen LogP contribution >= 0.6 is 23.2 Å². The van der Waals surface area contributed by atoms with Gasteiger partial charge in [-0.15, -0.1) is 0 Å². The molecule has 0 fully saturated rings. The van der Waals surface area contributed by atoms with Gasteiger partial charge in [0.15, 0.2) is 0 Å². The Labute approximate surface area is 161 Å². The van der Waals surface area contributed by atoms with Crippen molar-refractivity contribution in [3.05, 3.63) is 85.8 Å². The summed E-state index contributed by atoms with van der Waals surface area (Å²) in [7, 11) is 0. The summed E-state index contributed by atoms with van der Waals surface area (Å²) in [5.41, 5.74) is 3.60. The topological polar surface area (TPSA) is 49.0 Å². The lowest BCUT2D eigenvalue weighted by Gasteiger charge is -2.27. The van der Waals surface area contributed by atoms with Gasteiger partial charge in [0.1, 0.15) is 5.82 Å². The first-order valence-electron chi connectivity index (χ1n) is 8.44. The van der Waals surface area contributed by atoms with Crippen LogP contribution in [0.5, 0.6) is 0 Å². The lowest BCUT2D eigenvalue weighted by Crippen LogP contribution is -2.35. The highest BCUT2D eigenvalue weighted by Crippen LogP contribution is 2.25. The van der Waals surface area contributed by atoms with Gasteiger partial charge in [0.2, 0.25) is 0 Å². The molecule has 0 unspecified atom stereocenters. The molecule has 0 spiro atoms. The monoisotopic (exact) mass is 385 g/mol. The Hall–Kier alpha value is -2.14. The average molecular weight is 386 g/mol. The highest BCUT2D eigenvalue weighted by atomic mass is 35.5. The van der Waals surface area contributed by atoms with Crippen molar-refractivity contribution in [1.29, 1.82) is 0 Å². The maximum absolute atomic E-state index is 12.5. The van der Waals surface area contributed by atoms with Crippen LogP contribution in [0.2, 0.25) is 10.0 Å². The summed E-state index contributed by atoms with van der Waals surface area (Å²) in [6.07, 6.45) is 0.689. The van der Waals surface area contributed by atoms with Crippen molar-refractivity contribution in [3.8, 4) is 11.4 Å². The van der Waals surface area contributed by atoms with Crippen molar-refractivity contribution in [2.24, 2.45) is 0 Å². The van der Waals surface area contributed by atoms with E-state index in [1.165, 1.54) is 0 Å². The molecule has 2 heterocycles. The minimum atomic E-state index is -0.0389. The number of H-pyrrole nitrogens is 1. The number of halogens is 2. The second kappa shape index (κ2) is 7.23. The van der Waals surface area contributed by atoms with Crippen LogP contribution in [0.3, 0.4) is 0 Å². The molecule has 0 saturated carbocycles. The van der Waals surface area contributed by atoms with Gasteiger partial charge in [0, 0.05) is 30.8 Å². The number of aromatic amines is 1. The van der Waals surface area contributed by atoms with E-state index in [-0.39, 0.29) is 5.56 Å². The second-order valence-corrected chi connectivity index (χ2v) is 7.23. The SMILES string of the molecule is O=c1[nH]c(-c2ccccc2)nc2c1CCN(Cc1ccc(Cl)c(Cl)c1)C2. The molecule has 4 rings (SSSR count). The van der Waals surface area contributed by atoms with Gasteiger partial charge in [-0.2, -0.15) is 0 Å². The van der Waals surface area contributed by atoms with Crippen LogP contribution in [-0.4, -0.2) is 21.4 Å². The largest absolute Gasteiger partial charge is 0.306 e. The van der Waals surface area contributed by atoms with Gasteiger partial charge in [-0.1, -0.05) is 59.6 Å². The normalized spacial score (nSPS) is 14.2. The molecule has 1 N–H and O–H groups in total. The molecule has 0 amide bonds. The van der Waals surface area contributed by atoms with E-state index in [2.05, 4.69) is 9.88 Å². The molecule has 6 heteroatoms. The summed E-state index contributed by atoms with van der Waals surface area (Å²) in [4.78, 5) is 22.4. The summed E-state index contributed by atoms with van der Waals surface area (Å²) in [6.45, 7) is 2.19. The predicted octanol–water partition coefficient (Wildman–Crippen LogP) is 4.30. The van der Waals surface area contributed by atoms with Gasteiger partial charge in [-0.05, 0) is 24.1 Å². The zero-order valence-corrected chi connectivity index (χ0v) is 15.5. The van der Waals surface area contributed by atoms with Crippen LogP contribution < -0.4 is 5.56 Å². The number of nitrogens with zero attached hydrogens (tertiary/aromatic N) is 2. The first-order chi connectivity index (χ1) is 12.6. The van der Waals surface area contributed by atoms with Gasteiger partial charge in [0.05, 0.1) is 15.7 Å². The Morgan fingerprint density at radius 3 is 2.65 bits per heavy atom. The number of rotatable bonds is 3. The molecular weight excluding hydrogens is 369 g/mol. The number of hydrogen-bond acceptors (Lipinski definition) is 3. The maximum Gasteiger partial charge on any atom is 0.254 e. The lowest BCUT2D eigenvalue weighted by atomic mass is 10.0. The molecule has 3 aromatic rings. The standard InChI is InChI=1S/C20H17Cl2N3O/c21-16-7-6-13(10-17(16)22)11-25-9-8-15-18(12-25)23-19(24-20(15)26)14-4-2-1-3-5-14/h1-7,10H,8-9,11-12H2,(H,23,24,26).